The lowest BCUT2D eigenvalue weighted by molar-refractivity contribution is 0.161. The largest absolute Gasteiger partial charge is 0.377 e. The Morgan fingerprint density at radius 3 is 3.00 bits per heavy atom. The summed E-state index contributed by atoms with van der Waals surface area (Å²) in [6.07, 6.45) is 3.15. The van der Waals surface area contributed by atoms with Crippen molar-refractivity contribution in [3.63, 3.8) is 0 Å². The number of benzene rings is 1. The minimum atomic E-state index is 0.748. The van der Waals surface area contributed by atoms with E-state index in [0.29, 0.717) is 0 Å². The molecular weight excluding hydrogens is 148 g/mol. The maximum atomic E-state index is 5.23. The van der Waals surface area contributed by atoms with E-state index in [2.05, 4.69) is 18.2 Å². The van der Waals surface area contributed by atoms with Crippen LogP contribution in [0.3, 0.4) is 0 Å². The highest BCUT2D eigenvalue weighted by Gasteiger charge is 2.04. The molecule has 0 spiro atoms. The zero-order valence-corrected chi connectivity index (χ0v) is 6.92. The first-order chi connectivity index (χ1) is 5.97. The first kappa shape index (κ1) is 7.56. The molecule has 1 nitrogen and oxygen atoms in total. The van der Waals surface area contributed by atoms with E-state index in [0.717, 1.165) is 19.6 Å². The normalized spacial score (nSPS) is 17.2. The highest BCUT2D eigenvalue weighted by Crippen LogP contribution is 2.19. The Kier molecular flexibility index (Phi) is 2.23. The van der Waals surface area contributed by atoms with Gasteiger partial charge in [-0.3, -0.25) is 0 Å². The number of hydrogen-bond acceptors (Lipinski definition) is 1. The molecule has 0 saturated carbocycles. The Bertz CT molecular complexity index is 274. The van der Waals surface area contributed by atoms with E-state index in [1.54, 1.807) is 0 Å². The van der Waals surface area contributed by atoms with Crippen molar-refractivity contribution in [1.82, 2.24) is 0 Å². The summed E-state index contributed by atoms with van der Waals surface area (Å²) in [4.78, 5) is 0. The van der Waals surface area contributed by atoms with Gasteiger partial charge in [0.15, 0.2) is 0 Å². The standard InChI is InChI=1S/C11H11O/c1-2-4-10(5-3-1)11-6-8-12-9-7-11/h1-4,6H,7-9H2. The summed E-state index contributed by atoms with van der Waals surface area (Å²) < 4.78 is 5.23. The fraction of sp³-hybridized carbons (Fsp3) is 0.273. The average Bonchev–Trinajstić information content (AvgIpc) is 2.21. The number of rotatable bonds is 1. The van der Waals surface area contributed by atoms with Gasteiger partial charge >= 0.3 is 0 Å². The molecule has 0 aliphatic carbocycles. The van der Waals surface area contributed by atoms with Gasteiger partial charge in [0.2, 0.25) is 0 Å². The van der Waals surface area contributed by atoms with Gasteiger partial charge in [0.1, 0.15) is 0 Å². The van der Waals surface area contributed by atoms with E-state index in [9.17, 15) is 0 Å². The van der Waals surface area contributed by atoms with Gasteiger partial charge in [0, 0.05) is 0 Å². The molecule has 0 atom stereocenters. The molecule has 0 bridgehead atoms. The van der Waals surface area contributed by atoms with Crippen LogP contribution in [-0.4, -0.2) is 13.2 Å². The fourth-order valence-corrected chi connectivity index (χ4v) is 1.36. The van der Waals surface area contributed by atoms with Crippen LogP contribution < -0.4 is 0 Å². The maximum absolute atomic E-state index is 5.23. The van der Waals surface area contributed by atoms with Gasteiger partial charge in [0.25, 0.3) is 0 Å². The van der Waals surface area contributed by atoms with Crippen molar-refractivity contribution in [2.24, 2.45) is 0 Å². The molecule has 12 heavy (non-hydrogen) atoms. The number of hydrogen-bond donors (Lipinski definition) is 0. The van der Waals surface area contributed by atoms with E-state index in [1.165, 1.54) is 11.1 Å². The summed E-state index contributed by atoms with van der Waals surface area (Å²) in [5, 5.41) is 0. The first-order valence-corrected chi connectivity index (χ1v) is 4.21. The summed E-state index contributed by atoms with van der Waals surface area (Å²) >= 11 is 0. The second-order valence-electron chi connectivity index (χ2n) is 2.83. The van der Waals surface area contributed by atoms with Crippen molar-refractivity contribution in [3.05, 3.63) is 42.0 Å². The molecular formula is C11H11O. The second-order valence-corrected chi connectivity index (χ2v) is 2.83. The Morgan fingerprint density at radius 2 is 2.33 bits per heavy atom. The van der Waals surface area contributed by atoms with Gasteiger partial charge in [0.05, 0.1) is 13.2 Å². The van der Waals surface area contributed by atoms with Gasteiger partial charge in [-0.15, -0.1) is 0 Å². The van der Waals surface area contributed by atoms with E-state index in [1.807, 2.05) is 18.2 Å². The lowest BCUT2D eigenvalue weighted by Crippen LogP contribution is -2.03. The predicted octanol–water partition coefficient (Wildman–Crippen LogP) is 2.29. The fourth-order valence-electron chi connectivity index (χ4n) is 1.36. The molecule has 0 amide bonds. The van der Waals surface area contributed by atoms with Crippen molar-refractivity contribution >= 4 is 5.57 Å². The second kappa shape index (κ2) is 3.55. The van der Waals surface area contributed by atoms with Crippen molar-refractivity contribution in [1.29, 1.82) is 0 Å². The average molecular weight is 159 g/mol. The van der Waals surface area contributed by atoms with E-state index in [4.69, 9.17) is 4.74 Å². The monoisotopic (exact) mass is 159 g/mol. The molecule has 1 aromatic rings. The molecule has 0 unspecified atom stereocenters. The molecule has 0 saturated heterocycles. The SMILES string of the molecule is [c]1ccccc1C1=CCOCC1. The summed E-state index contributed by atoms with van der Waals surface area (Å²) in [6, 6.07) is 11.3. The lowest BCUT2D eigenvalue weighted by Gasteiger charge is -2.12. The first-order valence-electron chi connectivity index (χ1n) is 4.21. The van der Waals surface area contributed by atoms with Gasteiger partial charge in [-0.2, -0.15) is 0 Å². The van der Waals surface area contributed by atoms with E-state index in [-0.39, 0.29) is 0 Å². The molecule has 61 valence electrons. The van der Waals surface area contributed by atoms with Gasteiger partial charge in [-0.05, 0) is 23.6 Å². The van der Waals surface area contributed by atoms with Crippen LogP contribution in [0.5, 0.6) is 0 Å². The third-order valence-electron chi connectivity index (χ3n) is 2.02. The third-order valence-corrected chi connectivity index (χ3v) is 2.02. The van der Waals surface area contributed by atoms with E-state index >= 15 is 0 Å². The Morgan fingerprint density at radius 1 is 1.33 bits per heavy atom. The van der Waals surface area contributed by atoms with Crippen LogP contribution in [-0.2, 0) is 4.74 Å². The van der Waals surface area contributed by atoms with Gasteiger partial charge in [-0.25, -0.2) is 0 Å². The molecule has 1 aromatic carbocycles. The highest BCUT2D eigenvalue weighted by atomic mass is 16.5. The summed E-state index contributed by atoms with van der Waals surface area (Å²) in [7, 11) is 0. The molecule has 1 radical (unpaired) electrons. The zero-order chi connectivity index (χ0) is 8.23. The third kappa shape index (κ3) is 1.56. The minimum Gasteiger partial charge on any atom is -0.377 e. The Labute approximate surface area is 72.7 Å². The van der Waals surface area contributed by atoms with Crippen LogP contribution in [0.4, 0.5) is 0 Å². The van der Waals surface area contributed by atoms with Crippen molar-refractivity contribution in [3.8, 4) is 0 Å². The van der Waals surface area contributed by atoms with Gasteiger partial charge < -0.3 is 4.74 Å². The Hall–Kier alpha value is -1.08. The maximum Gasteiger partial charge on any atom is 0.0653 e. The smallest absolute Gasteiger partial charge is 0.0653 e. The van der Waals surface area contributed by atoms with Crippen LogP contribution in [0, 0.1) is 6.07 Å². The quantitative estimate of drug-likeness (QED) is 0.611. The zero-order valence-electron chi connectivity index (χ0n) is 6.92. The molecule has 1 aliphatic heterocycles. The molecule has 1 heterocycles. The highest BCUT2D eigenvalue weighted by molar-refractivity contribution is 5.65. The minimum absolute atomic E-state index is 0.748. The molecule has 0 aromatic heterocycles. The summed E-state index contributed by atoms with van der Waals surface area (Å²) in [5.74, 6) is 0. The van der Waals surface area contributed by atoms with Crippen LogP contribution in [0.15, 0.2) is 30.3 Å². The lowest BCUT2D eigenvalue weighted by atomic mass is 10.0. The van der Waals surface area contributed by atoms with E-state index < -0.39 is 0 Å². The Balaban J connectivity index is 2.24. The van der Waals surface area contributed by atoms with Crippen molar-refractivity contribution < 1.29 is 4.74 Å². The van der Waals surface area contributed by atoms with Crippen LogP contribution in [0.2, 0.25) is 0 Å². The van der Waals surface area contributed by atoms with Crippen LogP contribution >= 0.6 is 0 Å². The summed E-state index contributed by atoms with van der Waals surface area (Å²) in [5.41, 5.74) is 2.57. The topological polar surface area (TPSA) is 9.23 Å². The molecule has 1 heteroatoms. The predicted molar refractivity (Wildman–Crippen MR) is 48.7 cm³/mol. The molecule has 0 fully saturated rings. The summed E-state index contributed by atoms with van der Waals surface area (Å²) in [6.45, 7) is 1.59. The molecule has 0 N–H and O–H groups in total. The number of ether oxygens (including phenoxy) is 1. The molecule has 1 aliphatic rings. The van der Waals surface area contributed by atoms with Crippen LogP contribution in [0.1, 0.15) is 12.0 Å². The van der Waals surface area contributed by atoms with Gasteiger partial charge in [-0.1, -0.05) is 30.3 Å². The molecule has 2 rings (SSSR count). The van der Waals surface area contributed by atoms with Crippen molar-refractivity contribution in [2.75, 3.05) is 13.2 Å². The van der Waals surface area contributed by atoms with Crippen molar-refractivity contribution in [2.45, 2.75) is 6.42 Å². The van der Waals surface area contributed by atoms with Crippen LogP contribution in [0.25, 0.3) is 5.57 Å².